The summed E-state index contributed by atoms with van der Waals surface area (Å²) in [5, 5.41) is 12.7. The molecule has 1 aromatic carbocycles. The lowest BCUT2D eigenvalue weighted by molar-refractivity contribution is -0.151. The Bertz CT molecular complexity index is 523. The van der Waals surface area contributed by atoms with Gasteiger partial charge >= 0.3 is 5.97 Å². The van der Waals surface area contributed by atoms with Gasteiger partial charge in [0.25, 0.3) is 5.91 Å². The molecule has 0 saturated heterocycles. The molecule has 0 heterocycles. The van der Waals surface area contributed by atoms with Crippen LogP contribution in [0, 0.1) is 5.41 Å². The lowest BCUT2D eigenvalue weighted by Gasteiger charge is -2.33. The van der Waals surface area contributed by atoms with E-state index >= 15 is 0 Å². The Morgan fingerprint density at radius 3 is 2.41 bits per heavy atom. The van der Waals surface area contributed by atoms with Crippen molar-refractivity contribution in [1.29, 1.82) is 0 Å². The second-order valence-corrected chi connectivity index (χ2v) is 6.10. The molecule has 120 valence electrons. The van der Waals surface area contributed by atoms with Crippen molar-refractivity contribution in [2.24, 2.45) is 5.41 Å². The lowest BCUT2D eigenvalue weighted by atomic mass is 9.74. The summed E-state index contributed by atoms with van der Waals surface area (Å²) in [6.07, 6.45) is 4.07. The second-order valence-electron chi connectivity index (χ2n) is 5.67. The van der Waals surface area contributed by atoms with Crippen LogP contribution in [-0.4, -0.2) is 30.1 Å². The summed E-state index contributed by atoms with van der Waals surface area (Å²) >= 11 is 5.76. The number of carbonyl (C=O) groups excluding carboxylic acids is 1. The zero-order chi connectivity index (χ0) is 16.0. The van der Waals surface area contributed by atoms with Crippen LogP contribution in [0.2, 0.25) is 5.02 Å². The van der Waals surface area contributed by atoms with Gasteiger partial charge in [0, 0.05) is 11.6 Å². The molecule has 1 aliphatic carbocycles. The number of ether oxygens (including phenoxy) is 1. The van der Waals surface area contributed by atoms with Gasteiger partial charge in [0.15, 0.2) is 6.61 Å². The number of benzene rings is 1. The number of carboxylic acids is 1. The third kappa shape index (κ3) is 4.37. The highest BCUT2D eigenvalue weighted by Crippen LogP contribution is 2.35. The summed E-state index contributed by atoms with van der Waals surface area (Å²) in [5.41, 5.74) is -0.825. The van der Waals surface area contributed by atoms with Gasteiger partial charge < -0.3 is 15.2 Å². The Kier molecular flexibility index (Phi) is 5.66. The van der Waals surface area contributed by atoms with E-state index in [1.165, 1.54) is 0 Å². The zero-order valence-electron chi connectivity index (χ0n) is 12.3. The maximum absolute atomic E-state index is 11.8. The first-order valence-corrected chi connectivity index (χ1v) is 7.78. The molecule has 0 aliphatic heterocycles. The molecule has 0 aromatic heterocycles. The smallest absolute Gasteiger partial charge is 0.311 e. The number of hydrogen-bond acceptors (Lipinski definition) is 3. The third-order valence-electron chi connectivity index (χ3n) is 4.07. The first kappa shape index (κ1) is 16.6. The van der Waals surface area contributed by atoms with Crippen LogP contribution in [0.3, 0.4) is 0 Å². The standard InChI is InChI=1S/C16H20ClNO4/c17-12-4-6-13(7-5-12)22-10-14(19)18-11-16(15(20)21)8-2-1-3-9-16/h4-7H,1-3,8-11H2,(H,18,19)(H,20,21). The molecule has 0 spiro atoms. The number of nitrogens with one attached hydrogen (secondary N) is 1. The minimum absolute atomic E-state index is 0.142. The largest absolute Gasteiger partial charge is 0.484 e. The van der Waals surface area contributed by atoms with Crippen molar-refractivity contribution in [2.45, 2.75) is 32.1 Å². The van der Waals surface area contributed by atoms with Crippen molar-refractivity contribution in [3.8, 4) is 5.75 Å². The molecular weight excluding hydrogens is 306 g/mol. The van der Waals surface area contributed by atoms with E-state index in [4.69, 9.17) is 16.3 Å². The fraction of sp³-hybridized carbons (Fsp3) is 0.500. The summed E-state index contributed by atoms with van der Waals surface area (Å²) < 4.78 is 5.34. The van der Waals surface area contributed by atoms with E-state index in [-0.39, 0.29) is 19.1 Å². The molecule has 2 N–H and O–H groups in total. The van der Waals surface area contributed by atoms with Gasteiger partial charge in [-0.2, -0.15) is 0 Å². The van der Waals surface area contributed by atoms with E-state index in [2.05, 4.69) is 5.32 Å². The monoisotopic (exact) mass is 325 g/mol. The average Bonchev–Trinajstić information content (AvgIpc) is 2.53. The maximum Gasteiger partial charge on any atom is 0.311 e. The zero-order valence-corrected chi connectivity index (χ0v) is 13.1. The molecule has 1 aromatic rings. The number of aliphatic carboxylic acids is 1. The van der Waals surface area contributed by atoms with Gasteiger partial charge in [-0.05, 0) is 37.1 Å². The van der Waals surface area contributed by atoms with Crippen molar-refractivity contribution in [3.63, 3.8) is 0 Å². The summed E-state index contributed by atoms with van der Waals surface area (Å²) in [7, 11) is 0. The van der Waals surface area contributed by atoms with E-state index in [9.17, 15) is 14.7 Å². The van der Waals surface area contributed by atoms with Crippen LogP contribution >= 0.6 is 11.6 Å². The van der Waals surface area contributed by atoms with Crippen LogP contribution in [0.15, 0.2) is 24.3 Å². The van der Waals surface area contributed by atoms with Gasteiger partial charge in [-0.3, -0.25) is 9.59 Å². The van der Waals surface area contributed by atoms with Crippen molar-refractivity contribution >= 4 is 23.5 Å². The summed E-state index contributed by atoms with van der Waals surface area (Å²) in [4.78, 5) is 23.3. The molecule has 1 aliphatic rings. The first-order chi connectivity index (χ1) is 10.5. The van der Waals surface area contributed by atoms with Gasteiger partial charge in [0.1, 0.15) is 5.75 Å². The molecule has 1 fully saturated rings. The predicted molar refractivity (Wildman–Crippen MR) is 83.1 cm³/mol. The molecule has 0 radical (unpaired) electrons. The molecule has 0 atom stereocenters. The molecule has 1 saturated carbocycles. The highest BCUT2D eigenvalue weighted by Gasteiger charge is 2.39. The van der Waals surface area contributed by atoms with E-state index in [1.54, 1.807) is 24.3 Å². The highest BCUT2D eigenvalue weighted by molar-refractivity contribution is 6.30. The van der Waals surface area contributed by atoms with Crippen molar-refractivity contribution < 1.29 is 19.4 Å². The molecule has 5 nitrogen and oxygen atoms in total. The Labute approximate surface area is 134 Å². The first-order valence-electron chi connectivity index (χ1n) is 7.40. The molecule has 0 unspecified atom stereocenters. The second kappa shape index (κ2) is 7.49. The Morgan fingerprint density at radius 1 is 1.18 bits per heavy atom. The summed E-state index contributed by atoms with van der Waals surface area (Å²) in [5.74, 6) is -0.600. The van der Waals surface area contributed by atoms with Gasteiger partial charge in [0.2, 0.25) is 0 Å². The van der Waals surface area contributed by atoms with E-state index < -0.39 is 11.4 Å². The number of amides is 1. The molecule has 1 amide bonds. The normalized spacial score (nSPS) is 16.8. The third-order valence-corrected chi connectivity index (χ3v) is 4.32. The number of rotatable bonds is 6. The number of halogens is 1. The molecule has 0 bridgehead atoms. The minimum atomic E-state index is -0.828. The van der Waals surface area contributed by atoms with Gasteiger partial charge in [-0.15, -0.1) is 0 Å². The number of carbonyl (C=O) groups is 2. The summed E-state index contributed by atoms with van der Waals surface area (Å²) in [6.45, 7) is 0.0163. The predicted octanol–water partition coefficient (Wildman–Crippen LogP) is 2.87. The number of hydrogen-bond donors (Lipinski definition) is 2. The van der Waals surface area contributed by atoms with E-state index in [0.29, 0.717) is 23.6 Å². The molecular formula is C16H20ClNO4. The van der Waals surface area contributed by atoms with Crippen LogP contribution in [-0.2, 0) is 9.59 Å². The number of carboxylic acid groups (broad SMARTS) is 1. The van der Waals surface area contributed by atoms with Crippen LogP contribution in [0.25, 0.3) is 0 Å². The minimum Gasteiger partial charge on any atom is -0.484 e. The Balaban J connectivity index is 1.81. The Morgan fingerprint density at radius 2 is 1.82 bits per heavy atom. The van der Waals surface area contributed by atoms with Gasteiger partial charge in [-0.1, -0.05) is 30.9 Å². The maximum atomic E-state index is 11.8. The topological polar surface area (TPSA) is 75.6 Å². The van der Waals surface area contributed by atoms with Crippen molar-refractivity contribution in [3.05, 3.63) is 29.3 Å². The molecule has 22 heavy (non-hydrogen) atoms. The quantitative estimate of drug-likeness (QED) is 0.843. The van der Waals surface area contributed by atoms with Crippen LogP contribution in [0.5, 0.6) is 5.75 Å². The average molecular weight is 326 g/mol. The van der Waals surface area contributed by atoms with Gasteiger partial charge in [-0.25, -0.2) is 0 Å². The van der Waals surface area contributed by atoms with Crippen LogP contribution in [0.1, 0.15) is 32.1 Å². The Hall–Kier alpha value is -1.75. The van der Waals surface area contributed by atoms with E-state index in [0.717, 1.165) is 19.3 Å². The van der Waals surface area contributed by atoms with Crippen LogP contribution in [0.4, 0.5) is 0 Å². The molecule has 6 heteroatoms. The molecule has 2 rings (SSSR count). The SMILES string of the molecule is O=C(COc1ccc(Cl)cc1)NCC1(C(=O)O)CCCCC1. The fourth-order valence-electron chi connectivity index (χ4n) is 2.69. The highest BCUT2D eigenvalue weighted by atomic mass is 35.5. The van der Waals surface area contributed by atoms with E-state index in [1.807, 2.05) is 0 Å². The van der Waals surface area contributed by atoms with Gasteiger partial charge in [0.05, 0.1) is 5.41 Å². The van der Waals surface area contributed by atoms with Crippen molar-refractivity contribution in [2.75, 3.05) is 13.2 Å². The van der Waals surface area contributed by atoms with Crippen LogP contribution < -0.4 is 10.1 Å². The summed E-state index contributed by atoms with van der Waals surface area (Å²) in [6, 6.07) is 6.71. The van der Waals surface area contributed by atoms with Crippen molar-refractivity contribution in [1.82, 2.24) is 5.32 Å². The lowest BCUT2D eigenvalue weighted by Crippen LogP contribution is -2.45. The fourth-order valence-corrected chi connectivity index (χ4v) is 2.82.